The number of carbonyl (C=O) groups is 1. The van der Waals surface area contributed by atoms with Crippen molar-refractivity contribution in [1.82, 2.24) is 0 Å². The van der Waals surface area contributed by atoms with Crippen molar-refractivity contribution in [3.8, 4) is 5.75 Å². The molecule has 3 rings (SSSR count). The van der Waals surface area contributed by atoms with Gasteiger partial charge in [0, 0.05) is 18.3 Å². The normalized spacial score (nSPS) is 11.1. The summed E-state index contributed by atoms with van der Waals surface area (Å²) in [5.74, 6) is 0.358. The van der Waals surface area contributed by atoms with Crippen LogP contribution in [0.4, 0.5) is 11.4 Å². The Morgan fingerprint density at radius 1 is 0.933 bits per heavy atom. The lowest BCUT2D eigenvalue weighted by atomic mass is 10.1. The lowest BCUT2D eigenvalue weighted by Crippen LogP contribution is -2.27. The second kappa shape index (κ2) is 8.59. The van der Waals surface area contributed by atoms with Crippen LogP contribution in [0.3, 0.4) is 0 Å². The van der Waals surface area contributed by atoms with Crippen molar-refractivity contribution < 1.29 is 17.9 Å². The predicted octanol–water partition coefficient (Wildman–Crippen LogP) is 4.39. The summed E-state index contributed by atoms with van der Waals surface area (Å²) < 4.78 is 32.4. The molecule has 3 aromatic carbocycles. The molecule has 3 aromatic rings. The highest BCUT2D eigenvalue weighted by Crippen LogP contribution is 2.27. The summed E-state index contributed by atoms with van der Waals surface area (Å²) in [4.78, 5) is 12.9. The number of sulfonamides is 1. The maximum Gasteiger partial charge on any atom is 0.264 e. The van der Waals surface area contributed by atoms with E-state index in [-0.39, 0.29) is 10.8 Å². The smallest absolute Gasteiger partial charge is 0.264 e. The summed E-state index contributed by atoms with van der Waals surface area (Å²) >= 11 is 0. The molecule has 0 aliphatic rings. The van der Waals surface area contributed by atoms with Gasteiger partial charge < -0.3 is 10.1 Å². The van der Waals surface area contributed by atoms with Crippen molar-refractivity contribution >= 4 is 27.3 Å². The Hall–Kier alpha value is -3.32. The Morgan fingerprint density at radius 2 is 1.57 bits per heavy atom. The average Bonchev–Trinajstić information content (AvgIpc) is 2.74. The number of methoxy groups -OCH3 is 1. The minimum atomic E-state index is -3.75. The van der Waals surface area contributed by atoms with Gasteiger partial charge in [-0.3, -0.25) is 9.10 Å². The van der Waals surface area contributed by atoms with Gasteiger partial charge in [-0.05, 0) is 67.9 Å². The number of anilines is 2. The number of ether oxygens (including phenoxy) is 1. The third kappa shape index (κ3) is 4.46. The van der Waals surface area contributed by atoms with E-state index in [1.54, 1.807) is 73.8 Å². The first-order valence-corrected chi connectivity index (χ1v) is 10.8. The van der Waals surface area contributed by atoms with E-state index in [0.717, 1.165) is 11.1 Å². The predicted molar refractivity (Wildman–Crippen MR) is 119 cm³/mol. The molecule has 30 heavy (non-hydrogen) atoms. The van der Waals surface area contributed by atoms with Crippen LogP contribution in [0.1, 0.15) is 21.5 Å². The molecule has 0 saturated carbocycles. The molecule has 0 aromatic heterocycles. The number of nitrogens with zero attached hydrogens (tertiary/aromatic N) is 1. The number of benzene rings is 3. The Labute approximate surface area is 177 Å². The van der Waals surface area contributed by atoms with Crippen molar-refractivity contribution in [1.29, 1.82) is 0 Å². The van der Waals surface area contributed by atoms with Gasteiger partial charge in [0.25, 0.3) is 15.9 Å². The van der Waals surface area contributed by atoms with Gasteiger partial charge in [0.05, 0.1) is 17.7 Å². The van der Waals surface area contributed by atoms with Crippen LogP contribution in [0.2, 0.25) is 0 Å². The van der Waals surface area contributed by atoms with E-state index in [1.807, 2.05) is 13.8 Å². The molecular weight excluding hydrogens is 400 g/mol. The van der Waals surface area contributed by atoms with Crippen LogP contribution in [0, 0.1) is 13.8 Å². The van der Waals surface area contributed by atoms with Gasteiger partial charge >= 0.3 is 0 Å². The number of amides is 1. The van der Waals surface area contributed by atoms with Crippen molar-refractivity contribution in [2.75, 3.05) is 23.8 Å². The van der Waals surface area contributed by atoms with Crippen LogP contribution in [0.25, 0.3) is 0 Å². The van der Waals surface area contributed by atoms with Crippen LogP contribution in [0.15, 0.2) is 71.6 Å². The fraction of sp³-hybridized carbons (Fsp3) is 0.174. The second-order valence-electron chi connectivity index (χ2n) is 6.97. The Kier molecular flexibility index (Phi) is 6.12. The maximum absolute atomic E-state index is 13.0. The fourth-order valence-corrected chi connectivity index (χ4v) is 4.22. The van der Waals surface area contributed by atoms with Crippen molar-refractivity contribution in [2.24, 2.45) is 0 Å². The number of hydrogen-bond donors (Lipinski definition) is 1. The SMILES string of the molecule is COc1ccc(NC(=O)c2ccc(C)c(N(C)S(=O)(=O)c3ccc(C)cc3)c2)cc1. The number of carbonyl (C=O) groups excluding carboxylic acids is 1. The fourth-order valence-electron chi connectivity index (χ4n) is 2.97. The highest BCUT2D eigenvalue weighted by molar-refractivity contribution is 7.92. The Balaban J connectivity index is 1.88. The summed E-state index contributed by atoms with van der Waals surface area (Å²) in [7, 11) is -0.692. The molecule has 1 amide bonds. The Morgan fingerprint density at radius 3 is 2.17 bits per heavy atom. The average molecular weight is 425 g/mol. The van der Waals surface area contributed by atoms with E-state index in [1.165, 1.54) is 11.4 Å². The number of nitrogens with one attached hydrogen (secondary N) is 1. The van der Waals surface area contributed by atoms with Crippen LogP contribution in [0.5, 0.6) is 5.75 Å². The van der Waals surface area contributed by atoms with E-state index in [2.05, 4.69) is 5.32 Å². The molecule has 0 fully saturated rings. The van der Waals surface area contributed by atoms with E-state index < -0.39 is 10.0 Å². The molecule has 0 saturated heterocycles. The zero-order valence-electron chi connectivity index (χ0n) is 17.3. The second-order valence-corrected chi connectivity index (χ2v) is 8.94. The van der Waals surface area contributed by atoms with Gasteiger partial charge in [-0.15, -0.1) is 0 Å². The molecule has 0 unspecified atom stereocenters. The summed E-state index contributed by atoms with van der Waals surface area (Å²) in [6, 6.07) is 18.6. The zero-order valence-corrected chi connectivity index (χ0v) is 18.2. The summed E-state index contributed by atoms with van der Waals surface area (Å²) in [5, 5.41) is 2.81. The van der Waals surface area contributed by atoms with Gasteiger partial charge in [0.1, 0.15) is 5.75 Å². The third-order valence-electron chi connectivity index (χ3n) is 4.84. The molecule has 1 N–H and O–H groups in total. The monoisotopic (exact) mass is 424 g/mol. The summed E-state index contributed by atoms with van der Waals surface area (Å²) in [6.07, 6.45) is 0. The Bertz CT molecular complexity index is 1150. The first-order chi connectivity index (χ1) is 14.2. The van der Waals surface area contributed by atoms with Crippen molar-refractivity contribution in [3.05, 3.63) is 83.4 Å². The van der Waals surface area contributed by atoms with Crippen LogP contribution in [-0.2, 0) is 10.0 Å². The minimum absolute atomic E-state index is 0.197. The molecule has 0 bridgehead atoms. The molecule has 0 heterocycles. The molecule has 6 nitrogen and oxygen atoms in total. The first kappa shape index (κ1) is 21.4. The van der Waals surface area contributed by atoms with Crippen LogP contribution in [-0.4, -0.2) is 28.5 Å². The molecule has 0 aliphatic carbocycles. The number of rotatable bonds is 6. The van der Waals surface area contributed by atoms with E-state index in [4.69, 9.17) is 4.74 Å². The topological polar surface area (TPSA) is 75.7 Å². The standard InChI is InChI=1S/C23H24N2O4S/c1-16-5-13-21(14-6-16)30(27,28)25(3)22-15-18(8-7-17(22)2)23(26)24-19-9-11-20(29-4)12-10-19/h5-15H,1-4H3,(H,24,26). The lowest BCUT2D eigenvalue weighted by molar-refractivity contribution is 0.102. The molecule has 7 heteroatoms. The van der Waals surface area contributed by atoms with Crippen LogP contribution < -0.4 is 14.4 Å². The molecule has 0 aliphatic heterocycles. The number of hydrogen-bond acceptors (Lipinski definition) is 4. The van der Waals surface area contributed by atoms with E-state index in [9.17, 15) is 13.2 Å². The van der Waals surface area contributed by atoms with E-state index in [0.29, 0.717) is 22.7 Å². The minimum Gasteiger partial charge on any atom is -0.497 e. The third-order valence-corrected chi connectivity index (χ3v) is 6.62. The maximum atomic E-state index is 13.0. The van der Waals surface area contributed by atoms with Gasteiger partial charge in [0.15, 0.2) is 0 Å². The summed E-state index contributed by atoms with van der Waals surface area (Å²) in [6.45, 7) is 3.71. The highest BCUT2D eigenvalue weighted by atomic mass is 32.2. The van der Waals surface area contributed by atoms with E-state index >= 15 is 0 Å². The van der Waals surface area contributed by atoms with Gasteiger partial charge in [-0.2, -0.15) is 0 Å². The molecule has 0 atom stereocenters. The molecule has 0 radical (unpaired) electrons. The largest absolute Gasteiger partial charge is 0.497 e. The van der Waals surface area contributed by atoms with Crippen molar-refractivity contribution in [3.63, 3.8) is 0 Å². The van der Waals surface area contributed by atoms with Gasteiger partial charge in [0.2, 0.25) is 0 Å². The van der Waals surface area contributed by atoms with Crippen LogP contribution >= 0.6 is 0 Å². The van der Waals surface area contributed by atoms with Crippen molar-refractivity contribution in [2.45, 2.75) is 18.7 Å². The van der Waals surface area contributed by atoms with Gasteiger partial charge in [-0.25, -0.2) is 8.42 Å². The first-order valence-electron chi connectivity index (χ1n) is 9.34. The molecular formula is C23H24N2O4S. The number of aryl methyl sites for hydroxylation is 2. The zero-order chi connectivity index (χ0) is 21.9. The highest BCUT2D eigenvalue weighted by Gasteiger charge is 2.23. The van der Waals surface area contributed by atoms with Gasteiger partial charge in [-0.1, -0.05) is 23.8 Å². The molecule has 156 valence electrons. The molecule has 0 spiro atoms. The quantitative estimate of drug-likeness (QED) is 0.637. The summed E-state index contributed by atoms with van der Waals surface area (Å²) in [5.41, 5.74) is 3.14. The lowest BCUT2D eigenvalue weighted by Gasteiger charge is -2.22.